The van der Waals surface area contributed by atoms with Gasteiger partial charge in [-0.25, -0.2) is 0 Å². The molecule has 3 atom stereocenters. The average molecular weight is 265 g/mol. The second-order valence-corrected chi connectivity index (χ2v) is 6.79. The van der Waals surface area contributed by atoms with Crippen LogP contribution in [0.4, 0.5) is 0 Å². The first-order valence-electron chi connectivity index (χ1n) is 6.00. The van der Waals surface area contributed by atoms with Gasteiger partial charge in [-0.15, -0.1) is 0 Å². The summed E-state index contributed by atoms with van der Waals surface area (Å²) in [6.45, 7) is 8.77. The summed E-state index contributed by atoms with van der Waals surface area (Å²) in [7, 11) is -2.74. The molecular weight excluding hydrogens is 238 g/mol. The molecule has 17 heavy (non-hydrogen) atoms. The lowest BCUT2D eigenvalue weighted by Crippen LogP contribution is -2.52. The van der Waals surface area contributed by atoms with Gasteiger partial charge < -0.3 is 30.5 Å². The SMILES string of the molecule is CC(CN)O[Si](C)(OC(C)CN)OC(C)CN. The number of nitrogens with two attached hydrogens (primary N) is 3. The van der Waals surface area contributed by atoms with Gasteiger partial charge in [-0.1, -0.05) is 0 Å². The zero-order valence-corrected chi connectivity index (χ0v) is 12.3. The predicted octanol–water partition coefficient (Wildman–Crippen LogP) is -0.353. The van der Waals surface area contributed by atoms with Crippen molar-refractivity contribution in [1.29, 1.82) is 0 Å². The second kappa shape index (κ2) is 8.14. The Hall–Kier alpha value is -0.0231. The van der Waals surface area contributed by atoms with E-state index in [1.165, 1.54) is 0 Å². The zero-order valence-electron chi connectivity index (χ0n) is 11.3. The summed E-state index contributed by atoms with van der Waals surface area (Å²) in [5, 5.41) is 0. The molecule has 0 aromatic carbocycles. The van der Waals surface area contributed by atoms with Crippen molar-refractivity contribution in [3.05, 3.63) is 0 Å². The largest absolute Gasteiger partial charge is 0.498 e. The Morgan fingerprint density at radius 3 is 1.18 bits per heavy atom. The molecule has 3 unspecified atom stereocenters. The standard InChI is InChI=1S/C10H27N3O3Si/c1-8(5-11)14-17(4,15-9(2)6-12)16-10(3)7-13/h8-10H,5-7,11-13H2,1-4H3. The van der Waals surface area contributed by atoms with E-state index in [1.807, 2.05) is 27.3 Å². The lowest BCUT2D eigenvalue weighted by Gasteiger charge is -2.33. The Morgan fingerprint density at radius 1 is 0.765 bits per heavy atom. The zero-order chi connectivity index (χ0) is 13.5. The van der Waals surface area contributed by atoms with Crippen molar-refractivity contribution in [3.8, 4) is 0 Å². The summed E-state index contributed by atoms with van der Waals surface area (Å²) < 4.78 is 17.4. The molecule has 0 aromatic rings. The van der Waals surface area contributed by atoms with Crippen molar-refractivity contribution >= 4 is 8.80 Å². The molecule has 0 aliphatic carbocycles. The molecule has 0 radical (unpaired) electrons. The van der Waals surface area contributed by atoms with E-state index < -0.39 is 8.80 Å². The molecule has 0 bridgehead atoms. The quantitative estimate of drug-likeness (QED) is 0.492. The Kier molecular flexibility index (Phi) is 8.13. The molecule has 0 aromatic heterocycles. The van der Waals surface area contributed by atoms with Crippen LogP contribution in [0.2, 0.25) is 6.55 Å². The molecule has 0 amide bonds. The van der Waals surface area contributed by atoms with E-state index in [0.29, 0.717) is 19.6 Å². The van der Waals surface area contributed by atoms with Gasteiger partial charge in [0.2, 0.25) is 0 Å². The van der Waals surface area contributed by atoms with Crippen molar-refractivity contribution in [2.45, 2.75) is 45.6 Å². The fourth-order valence-electron chi connectivity index (χ4n) is 1.32. The molecule has 6 nitrogen and oxygen atoms in total. The lowest BCUT2D eigenvalue weighted by atomic mass is 10.4. The topological polar surface area (TPSA) is 106 Å². The highest BCUT2D eigenvalue weighted by Crippen LogP contribution is 2.16. The van der Waals surface area contributed by atoms with Crippen molar-refractivity contribution in [1.82, 2.24) is 0 Å². The summed E-state index contributed by atoms with van der Waals surface area (Å²) in [5.74, 6) is 0. The third-order valence-corrected chi connectivity index (χ3v) is 4.73. The maximum Gasteiger partial charge on any atom is 0.498 e. The van der Waals surface area contributed by atoms with Gasteiger partial charge in [0.05, 0.1) is 18.3 Å². The van der Waals surface area contributed by atoms with E-state index in [0.717, 1.165) is 0 Å². The number of hydrogen-bond donors (Lipinski definition) is 3. The van der Waals surface area contributed by atoms with Crippen molar-refractivity contribution < 1.29 is 13.3 Å². The maximum atomic E-state index is 5.79. The van der Waals surface area contributed by atoms with E-state index in [2.05, 4.69) is 0 Å². The maximum absolute atomic E-state index is 5.79. The lowest BCUT2D eigenvalue weighted by molar-refractivity contribution is 0.00245. The minimum absolute atomic E-state index is 0.110. The first-order chi connectivity index (χ1) is 7.86. The predicted molar refractivity (Wildman–Crippen MR) is 70.4 cm³/mol. The van der Waals surface area contributed by atoms with Crippen LogP contribution in [0.3, 0.4) is 0 Å². The van der Waals surface area contributed by atoms with E-state index >= 15 is 0 Å². The summed E-state index contributed by atoms with van der Waals surface area (Å²) in [6.07, 6.45) is -0.329. The van der Waals surface area contributed by atoms with Crippen LogP contribution in [-0.2, 0) is 13.3 Å². The molecular formula is C10H27N3O3Si. The van der Waals surface area contributed by atoms with Gasteiger partial charge in [0.1, 0.15) is 0 Å². The second-order valence-electron chi connectivity index (χ2n) is 4.35. The highest BCUT2D eigenvalue weighted by molar-refractivity contribution is 6.59. The number of rotatable bonds is 9. The summed E-state index contributed by atoms with van der Waals surface area (Å²) in [5.41, 5.74) is 16.6. The molecule has 0 heterocycles. The molecule has 0 fully saturated rings. The minimum Gasteiger partial charge on any atom is -0.369 e. The van der Waals surface area contributed by atoms with Crippen LogP contribution >= 0.6 is 0 Å². The molecule has 0 rings (SSSR count). The van der Waals surface area contributed by atoms with E-state index in [4.69, 9.17) is 30.5 Å². The van der Waals surface area contributed by atoms with Gasteiger partial charge in [-0.2, -0.15) is 0 Å². The average Bonchev–Trinajstić information content (AvgIpc) is 2.27. The van der Waals surface area contributed by atoms with E-state index in [9.17, 15) is 0 Å². The van der Waals surface area contributed by atoms with Crippen LogP contribution in [0, 0.1) is 0 Å². The molecule has 0 aliphatic rings. The Morgan fingerprint density at radius 2 is 1.00 bits per heavy atom. The molecule has 0 spiro atoms. The smallest absolute Gasteiger partial charge is 0.369 e. The monoisotopic (exact) mass is 265 g/mol. The normalized spacial score (nSPS) is 20.6. The van der Waals surface area contributed by atoms with Crippen LogP contribution < -0.4 is 17.2 Å². The minimum atomic E-state index is -2.74. The third-order valence-electron chi connectivity index (χ3n) is 2.24. The van der Waals surface area contributed by atoms with Crippen molar-refractivity contribution in [2.24, 2.45) is 17.2 Å². The summed E-state index contributed by atoms with van der Waals surface area (Å²) in [6, 6.07) is 0. The van der Waals surface area contributed by atoms with Crippen LogP contribution in [0.5, 0.6) is 0 Å². The number of hydrogen-bond acceptors (Lipinski definition) is 6. The molecule has 6 N–H and O–H groups in total. The summed E-state index contributed by atoms with van der Waals surface area (Å²) in [4.78, 5) is 0. The van der Waals surface area contributed by atoms with E-state index in [-0.39, 0.29) is 18.3 Å². The van der Waals surface area contributed by atoms with Gasteiger partial charge in [-0.05, 0) is 20.8 Å². The van der Waals surface area contributed by atoms with Crippen LogP contribution in [-0.4, -0.2) is 46.8 Å². The Bertz CT molecular complexity index is 178. The van der Waals surface area contributed by atoms with Crippen molar-refractivity contribution in [3.63, 3.8) is 0 Å². The van der Waals surface area contributed by atoms with Gasteiger partial charge in [-0.3, -0.25) is 0 Å². The van der Waals surface area contributed by atoms with Gasteiger partial charge in [0.15, 0.2) is 0 Å². The molecule has 0 aliphatic heterocycles. The highest BCUT2D eigenvalue weighted by atomic mass is 28.4. The molecule has 0 saturated carbocycles. The first-order valence-corrected chi connectivity index (χ1v) is 8.23. The first kappa shape index (κ1) is 17.0. The van der Waals surface area contributed by atoms with Crippen LogP contribution in [0.15, 0.2) is 0 Å². The Balaban J connectivity index is 4.55. The van der Waals surface area contributed by atoms with Gasteiger partial charge in [0.25, 0.3) is 0 Å². The van der Waals surface area contributed by atoms with Gasteiger partial charge in [0, 0.05) is 26.2 Å². The van der Waals surface area contributed by atoms with E-state index in [1.54, 1.807) is 0 Å². The molecule has 0 saturated heterocycles. The highest BCUT2D eigenvalue weighted by Gasteiger charge is 2.39. The fraction of sp³-hybridized carbons (Fsp3) is 1.00. The van der Waals surface area contributed by atoms with Crippen LogP contribution in [0.25, 0.3) is 0 Å². The van der Waals surface area contributed by atoms with Crippen molar-refractivity contribution in [2.75, 3.05) is 19.6 Å². The Labute approximate surface area is 105 Å². The molecule has 104 valence electrons. The fourth-order valence-corrected chi connectivity index (χ4v) is 3.97. The summed E-state index contributed by atoms with van der Waals surface area (Å²) >= 11 is 0. The third kappa shape index (κ3) is 7.09. The molecule has 7 heteroatoms. The van der Waals surface area contributed by atoms with Crippen LogP contribution in [0.1, 0.15) is 20.8 Å². The van der Waals surface area contributed by atoms with Gasteiger partial charge >= 0.3 is 8.80 Å².